The molecule has 34 heavy (non-hydrogen) atoms. The maximum absolute atomic E-state index is 14.4. The molecule has 6 heteroatoms. The second kappa shape index (κ2) is 9.96. The molecule has 1 atom stereocenters. The van der Waals surface area contributed by atoms with Crippen LogP contribution in [0.3, 0.4) is 0 Å². The van der Waals surface area contributed by atoms with E-state index in [0.717, 1.165) is 56.4 Å². The highest BCUT2D eigenvalue weighted by Crippen LogP contribution is 2.48. The van der Waals surface area contributed by atoms with Gasteiger partial charge < -0.3 is 15.1 Å². The lowest BCUT2D eigenvalue weighted by Crippen LogP contribution is -2.48. The van der Waals surface area contributed by atoms with E-state index in [9.17, 15) is 14.0 Å². The summed E-state index contributed by atoms with van der Waals surface area (Å²) >= 11 is 0. The van der Waals surface area contributed by atoms with Gasteiger partial charge >= 0.3 is 0 Å². The fraction of sp³-hybridized carbons (Fsp3) is 0.714. The molecule has 1 spiro atoms. The molecule has 190 valence electrons. The van der Waals surface area contributed by atoms with Gasteiger partial charge in [-0.2, -0.15) is 0 Å². The predicted molar refractivity (Wildman–Crippen MR) is 135 cm³/mol. The van der Waals surface area contributed by atoms with Gasteiger partial charge in [-0.25, -0.2) is 4.39 Å². The van der Waals surface area contributed by atoms with E-state index >= 15 is 0 Å². The number of halogens is 1. The lowest BCUT2D eigenvalue weighted by atomic mass is 9.63. The highest BCUT2D eigenvalue weighted by atomic mass is 19.1. The smallest absolute Gasteiger partial charge is 0.223 e. The van der Waals surface area contributed by atoms with E-state index in [2.05, 4.69) is 31.0 Å². The number of piperidine rings is 2. The molecule has 5 nitrogen and oxygen atoms in total. The summed E-state index contributed by atoms with van der Waals surface area (Å²) in [5.41, 5.74) is 2.57. The van der Waals surface area contributed by atoms with Crippen molar-refractivity contribution in [2.45, 2.75) is 84.1 Å². The Labute approximate surface area is 205 Å². The van der Waals surface area contributed by atoms with Crippen LogP contribution in [0.15, 0.2) is 18.2 Å². The van der Waals surface area contributed by atoms with Crippen molar-refractivity contribution in [2.75, 3.05) is 32.7 Å². The van der Waals surface area contributed by atoms with Crippen molar-refractivity contribution in [3.05, 3.63) is 35.1 Å². The molecule has 0 aromatic heterocycles. The van der Waals surface area contributed by atoms with Gasteiger partial charge in [0.15, 0.2) is 0 Å². The Morgan fingerprint density at radius 2 is 1.76 bits per heavy atom. The first kappa shape index (κ1) is 25.2. The highest BCUT2D eigenvalue weighted by molar-refractivity contribution is 5.80. The molecule has 1 aromatic carbocycles. The summed E-state index contributed by atoms with van der Waals surface area (Å²) in [5, 5.41) is 3.30. The van der Waals surface area contributed by atoms with Crippen LogP contribution < -0.4 is 5.32 Å². The molecule has 1 N–H and O–H groups in total. The quantitative estimate of drug-likeness (QED) is 0.666. The van der Waals surface area contributed by atoms with Gasteiger partial charge in [0.25, 0.3) is 0 Å². The number of hydrogen-bond acceptors (Lipinski definition) is 3. The van der Waals surface area contributed by atoms with Crippen molar-refractivity contribution >= 4 is 11.8 Å². The summed E-state index contributed by atoms with van der Waals surface area (Å²) in [7, 11) is 0. The number of hydrogen-bond donors (Lipinski definition) is 1. The number of nitrogens with zero attached hydrogens (tertiary/aromatic N) is 2. The number of carbonyl (C=O) groups is 2. The summed E-state index contributed by atoms with van der Waals surface area (Å²) in [4.78, 5) is 29.1. The maximum Gasteiger partial charge on any atom is 0.223 e. The van der Waals surface area contributed by atoms with Gasteiger partial charge in [0, 0.05) is 27.4 Å². The number of likely N-dealkylation sites (tertiary alicyclic amines) is 2. The van der Waals surface area contributed by atoms with Crippen LogP contribution in [0.1, 0.15) is 91.2 Å². The second-order valence-electron chi connectivity index (χ2n) is 12.0. The first-order valence-electron chi connectivity index (χ1n) is 13.1. The van der Waals surface area contributed by atoms with Crippen molar-refractivity contribution in [3.8, 4) is 0 Å². The molecule has 1 aromatic rings. The van der Waals surface area contributed by atoms with Gasteiger partial charge in [0.05, 0.1) is 6.04 Å². The number of benzene rings is 1. The highest BCUT2D eigenvalue weighted by Gasteiger charge is 2.43. The maximum atomic E-state index is 14.4. The van der Waals surface area contributed by atoms with Gasteiger partial charge in [-0.05, 0) is 98.7 Å². The van der Waals surface area contributed by atoms with Crippen molar-refractivity contribution in [1.82, 2.24) is 15.1 Å². The lowest BCUT2D eigenvalue weighted by molar-refractivity contribution is -0.134. The monoisotopic (exact) mass is 473 g/mol. The number of carbonyl (C=O) groups excluding carboxylic acids is 2. The van der Waals surface area contributed by atoms with E-state index in [1.165, 1.54) is 6.42 Å². The third-order valence-electron chi connectivity index (χ3n) is 8.49. The summed E-state index contributed by atoms with van der Waals surface area (Å²) in [6, 6.07) is 5.13. The van der Waals surface area contributed by atoms with Crippen LogP contribution in [-0.2, 0) is 15.0 Å². The molecule has 2 aliphatic heterocycles. The Kier molecular flexibility index (Phi) is 7.37. The average Bonchev–Trinajstić information content (AvgIpc) is 2.80. The van der Waals surface area contributed by atoms with Gasteiger partial charge in [0.1, 0.15) is 5.82 Å². The standard InChI is InChI=1S/C28H42FN3O2.H2/c1-20(33)32-14-8-21(9-15-32)26(34)30-25-7-10-28(24-19-22(29)5-6-23(24)25)12-17-31(18-13-28)16-11-27(2,3)4;/h5-6,19,21,25H,7-18H2,1-4H3,(H,30,34);1H/t25-;/m0./s1. The summed E-state index contributed by atoms with van der Waals surface area (Å²) in [5.74, 6) is -0.0772. The minimum Gasteiger partial charge on any atom is -0.349 e. The van der Waals surface area contributed by atoms with Crippen molar-refractivity contribution < 1.29 is 15.4 Å². The zero-order valence-corrected chi connectivity index (χ0v) is 21.5. The Morgan fingerprint density at radius 3 is 2.38 bits per heavy atom. The molecule has 0 radical (unpaired) electrons. The van der Waals surface area contributed by atoms with Gasteiger partial charge in [0.2, 0.25) is 11.8 Å². The summed E-state index contributed by atoms with van der Waals surface area (Å²) in [6.07, 6.45) is 6.61. The number of nitrogens with one attached hydrogen (secondary N) is 1. The first-order valence-corrected chi connectivity index (χ1v) is 13.1. The van der Waals surface area contributed by atoms with E-state index in [1.54, 1.807) is 19.1 Å². The number of fused-ring (bicyclic) bond motifs is 2. The molecule has 0 bridgehead atoms. The topological polar surface area (TPSA) is 52.7 Å². The zero-order valence-electron chi connectivity index (χ0n) is 21.5. The molecule has 2 saturated heterocycles. The molecule has 0 saturated carbocycles. The van der Waals surface area contributed by atoms with E-state index in [4.69, 9.17) is 0 Å². The molecule has 3 aliphatic rings. The SMILES string of the molecule is CC(=O)N1CCC(C(=O)N[C@H]2CCC3(CCN(CCC(C)(C)C)CC3)c3cc(F)ccc32)CC1.[HH]. The largest absolute Gasteiger partial charge is 0.349 e. The average molecular weight is 474 g/mol. The van der Waals surface area contributed by atoms with E-state index in [0.29, 0.717) is 31.3 Å². The Morgan fingerprint density at radius 1 is 1.09 bits per heavy atom. The van der Waals surface area contributed by atoms with Crippen molar-refractivity contribution in [2.24, 2.45) is 11.3 Å². The van der Waals surface area contributed by atoms with Gasteiger partial charge in [-0.15, -0.1) is 0 Å². The Balaban J connectivity index is 0.00000342. The summed E-state index contributed by atoms with van der Waals surface area (Å²) < 4.78 is 14.4. The normalized spacial score (nSPS) is 23.6. The molecular weight excluding hydrogens is 429 g/mol. The molecule has 4 rings (SSSR count). The molecule has 2 fully saturated rings. The van der Waals surface area contributed by atoms with Gasteiger partial charge in [-0.1, -0.05) is 26.8 Å². The van der Waals surface area contributed by atoms with Gasteiger partial charge in [-0.3, -0.25) is 9.59 Å². The molecule has 2 amide bonds. The number of rotatable bonds is 4. The van der Waals surface area contributed by atoms with Crippen LogP contribution >= 0.6 is 0 Å². The van der Waals surface area contributed by atoms with Crippen LogP contribution in [0.2, 0.25) is 0 Å². The fourth-order valence-electron chi connectivity index (χ4n) is 6.12. The van der Waals surface area contributed by atoms with Crippen LogP contribution in [-0.4, -0.2) is 54.3 Å². The second-order valence-corrected chi connectivity index (χ2v) is 12.0. The Bertz CT molecular complexity index is 900. The lowest BCUT2D eigenvalue weighted by Gasteiger charge is -2.47. The zero-order chi connectivity index (χ0) is 24.5. The minimum absolute atomic E-state index is 0. The van der Waals surface area contributed by atoms with Crippen LogP contribution in [0.5, 0.6) is 0 Å². The fourth-order valence-corrected chi connectivity index (χ4v) is 6.12. The predicted octanol–water partition coefficient (Wildman–Crippen LogP) is 5.05. The molecule has 1 aliphatic carbocycles. The van der Waals surface area contributed by atoms with E-state index < -0.39 is 0 Å². The van der Waals surface area contributed by atoms with Crippen LogP contribution in [0.4, 0.5) is 4.39 Å². The third-order valence-corrected chi connectivity index (χ3v) is 8.49. The molecular formula is C28H44FN3O2. The van der Waals surface area contributed by atoms with Crippen molar-refractivity contribution in [3.63, 3.8) is 0 Å². The minimum atomic E-state index is -0.183. The van der Waals surface area contributed by atoms with Crippen molar-refractivity contribution in [1.29, 1.82) is 0 Å². The number of amides is 2. The van der Waals surface area contributed by atoms with E-state index in [-0.39, 0.29) is 36.4 Å². The first-order chi connectivity index (χ1) is 16.1. The molecule has 2 heterocycles. The van der Waals surface area contributed by atoms with Crippen LogP contribution in [0.25, 0.3) is 0 Å². The van der Waals surface area contributed by atoms with E-state index in [1.807, 2.05) is 11.0 Å². The summed E-state index contributed by atoms with van der Waals surface area (Å²) in [6.45, 7) is 13.0. The third kappa shape index (κ3) is 5.64. The Hall–Kier alpha value is -1.95. The van der Waals surface area contributed by atoms with Crippen LogP contribution in [0, 0.1) is 17.2 Å². The molecule has 0 unspecified atom stereocenters.